The number of thioether (sulfide) groups is 1. The lowest BCUT2D eigenvalue weighted by Gasteiger charge is -2.07. The average molecular weight is 236 g/mol. The number of rotatable bonds is 5. The summed E-state index contributed by atoms with van der Waals surface area (Å²) >= 11 is 1.93. The molecule has 82 valence electrons. The third kappa shape index (κ3) is 6.58. The fourth-order valence-corrected chi connectivity index (χ4v) is 3.65. The normalized spacial score (nSPS) is 12.2. The minimum absolute atomic E-state index is 0.988. The molecule has 0 fully saturated rings. The zero-order valence-corrected chi connectivity index (χ0v) is 11.7. The Morgan fingerprint density at radius 3 is 2.40 bits per heavy atom. The molecule has 0 aliphatic carbocycles. The first-order chi connectivity index (χ1) is 7.08. The molecule has 0 aliphatic rings. The van der Waals surface area contributed by atoms with Gasteiger partial charge in [0, 0.05) is 5.75 Å². The highest BCUT2D eigenvalue weighted by atomic mass is 32.2. The molecule has 0 bridgehead atoms. The molecule has 1 rings (SSSR count). The second kappa shape index (κ2) is 6.18. The van der Waals surface area contributed by atoms with Crippen molar-refractivity contribution in [1.82, 2.24) is 0 Å². The van der Waals surface area contributed by atoms with E-state index in [0.717, 1.165) is 0 Å². The van der Waals surface area contributed by atoms with E-state index in [1.54, 1.807) is 0 Å². The topological polar surface area (TPSA) is 0 Å². The summed E-state index contributed by atoms with van der Waals surface area (Å²) in [5.41, 5.74) is 3.84. The van der Waals surface area contributed by atoms with Crippen LogP contribution in [0.3, 0.4) is 0 Å². The summed E-state index contributed by atoms with van der Waals surface area (Å²) in [4.78, 5) is 0. The zero-order valence-electron chi connectivity index (χ0n) is 9.86. The van der Waals surface area contributed by atoms with E-state index in [0.29, 0.717) is 0 Å². The van der Waals surface area contributed by atoms with Crippen molar-refractivity contribution in [2.75, 3.05) is 5.75 Å². The molecule has 0 radical (unpaired) electrons. The number of hydrogen-bond acceptors (Lipinski definition) is 1. The SMILES string of the molecule is C[Si](C)(C)/C=C/SCCc1ccccc1. The largest absolute Gasteiger partial charge is 0.135 e. The Morgan fingerprint density at radius 1 is 1.13 bits per heavy atom. The van der Waals surface area contributed by atoms with Crippen LogP contribution in [0.4, 0.5) is 0 Å². The number of benzene rings is 1. The second-order valence-corrected chi connectivity index (χ2v) is 10.9. The predicted octanol–water partition coefficient (Wildman–Crippen LogP) is 4.35. The molecule has 1 aromatic rings. The van der Waals surface area contributed by atoms with Crippen LogP contribution in [0.1, 0.15) is 5.56 Å². The quantitative estimate of drug-likeness (QED) is 0.541. The van der Waals surface area contributed by atoms with Crippen LogP contribution in [0, 0.1) is 0 Å². The molecule has 0 heterocycles. The van der Waals surface area contributed by atoms with Crippen molar-refractivity contribution in [3.63, 3.8) is 0 Å². The molecule has 0 N–H and O–H groups in total. The first kappa shape index (κ1) is 12.6. The van der Waals surface area contributed by atoms with E-state index in [1.807, 2.05) is 11.8 Å². The molecular weight excluding hydrogens is 216 g/mol. The first-order valence-electron chi connectivity index (χ1n) is 5.41. The van der Waals surface area contributed by atoms with Gasteiger partial charge in [-0.15, -0.1) is 11.8 Å². The van der Waals surface area contributed by atoms with Gasteiger partial charge >= 0.3 is 0 Å². The van der Waals surface area contributed by atoms with Crippen molar-refractivity contribution in [2.24, 2.45) is 0 Å². The number of aryl methyl sites for hydroxylation is 1. The summed E-state index contributed by atoms with van der Waals surface area (Å²) in [6.45, 7) is 7.09. The lowest BCUT2D eigenvalue weighted by atomic mass is 10.2. The van der Waals surface area contributed by atoms with Crippen LogP contribution in [0.25, 0.3) is 0 Å². The summed E-state index contributed by atoms with van der Waals surface area (Å²) < 4.78 is 0. The van der Waals surface area contributed by atoms with Gasteiger partial charge in [-0.2, -0.15) is 0 Å². The Morgan fingerprint density at radius 2 is 1.80 bits per heavy atom. The van der Waals surface area contributed by atoms with Crippen molar-refractivity contribution < 1.29 is 0 Å². The van der Waals surface area contributed by atoms with E-state index in [2.05, 4.69) is 61.1 Å². The van der Waals surface area contributed by atoms with Gasteiger partial charge in [0.2, 0.25) is 0 Å². The first-order valence-corrected chi connectivity index (χ1v) is 10.0. The molecule has 0 spiro atoms. The van der Waals surface area contributed by atoms with Crippen molar-refractivity contribution >= 4 is 19.8 Å². The fourth-order valence-electron chi connectivity index (χ4n) is 1.14. The number of hydrogen-bond donors (Lipinski definition) is 0. The summed E-state index contributed by atoms with van der Waals surface area (Å²) in [5.74, 6) is 1.19. The third-order valence-electron chi connectivity index (χ3n) is 2.02. The molecule has 0 unspecified atom stereocenters. The molecule has 0 aromatic heterocycles. The molecular formula is C13H20SSi. The van der Waals surface area contributed by atoms with Gasteiger partial charge in [0.05, 0.1) is 8.07 Å². The van der Waals surface area contributed by atoms with Crippen LogP contribution in [-0.2, 0) is 6.42 Å². The average Bonchev–Trinajstić information content (AvgIpc) is 2.17. The monoisotopic (exact) mass is 236 g/mol. The lowest BCUT2D eigenvalue weighted by Crippen LogP contribution is -2.14. The van der Waals surface area contributed by atoms with E-state index >= 15 is 0 Å². The molecule has 0 atom stereocenters. The smallest absolute Gasteiger partial charge is 0.0693 e. The highest BCUT2D eigenvalue weighted by Gasteiger charge is 2.05. The zero-order chi connectivity index (χ0) is 11.1. The highest BCUT2D eigenvalue weighted by molar-refractivity contribution is 8.02. The molecule has 1 aromatic carbocycles. The van der Waals surface area contributed by atoms with Gasteiger partial charge in [-0.1, -0.05) is 55.7 Å². The fraction of sp³-hybridized carbons (Fsp3) is 0.385. The van der Waals surface area contributed by atoms with Crippen LogP contribution in [0.15, 0.2) is 41.4 Å². The maximum absolute atomic E-state index is 2.41. The van der Waals surface area contributed by atoms with Gasteiger partial charge in [0.1, 0.15) is 0 Å². The Bertz CT molecular complexity index is 298. The summed E-state index contributed by atoms with van der Waals surface area (Å²) in [7, 11) is -0.988. The van der Waals surface area contributed by atoms with Crippen LogP contribution in [0.2, 0.25) is 19.6 Å². The van der Waals surface area contributed by atoms with Gasteiger partial charge in [-0.05, 0) is 17.4 Å². The highest BCUT2D eigenvalue weighted by Crippen LogP contribution is 2.11. The van der Waals surface area contributed by atoms with Gasteiger partial charge < -0.3 is 0 Å². The van der Waals surface area contributed by atoms with Gasteiger partial charge in [-0.3, -0.25) is 0 Å². The van der Waals surface area contributed by atoms with E-state index in [4.69, 9.17) is 0 Å². The van der Waals surface area contributed by atoms with Crippen LogP contribution < -0.4 is 0 Å². The van der Waals surface area contributed by atoms with Crippen LogP contribution >= 0.6 is 11.8 Å². The molecule has 0 aliphatic heterocycles. The Labute approximate surface area is 98.8 Å². The Kier molecular flexibility index (Phi) is 5.19. The third-order valence-corrected chi connectivity index (χ3v) is 4.19. The second-order valence-electron chi connectivity index (χ2n) is 4.78. The Hall–Kier alpha value is -0.473. The molecule has 0 amide bonds. The van der Waals surface area contributed by atoms with E-state index in [9.17, 15) is 0 Å². The predicted molar refractivity (Wildman–Crippen MR) is 75.1 cm³/mol. The van der Waals surface area contributed by atoms with Crippen LogP contribution in [-0.4, -0.2) is 13.8 Å². The van der Waals surface area contributed by atoms with E-state index < -0.39 is 8.07 Å². The molecule has 0 saturated carbocycles. The minimum Gasteiger partial charge on any atom is -0.135 e. The van der Waals surface area contributed by atoms with Gasteiger partial charge in [0.25, 0.3) is 0 Å². The molecule has 2 heteroatoms. The molecule has 0 saturated heterocycles. The van der Waals surface area contributed by atoms with Crippen molar-refractivity contribution in [3.05, 3.63) is 47.0 Å². The van der Waals surface area contributed by atoms with Crippen molar-refractivity contribution in [3.8, 4) is 0 Å². The minimum atomic E-state index is -0.988. The van der Waals surface area contributed by atoms with E-state index in [-0.39, 0.29) is 0 Å². The Balaban J connectivity index is 2.21. The maximum atomic E-state index is 2.41. The summed E-state index contributed by atoms with van der Waals surface area (Å²) in [5, 5.41) is 2.29. The van der Waals surface area contributed by atoms with Gasteiger partial charge in [-0.25, -0.2) is 0 Å². The molecule has 0 nitrogen and oxygen atoms in total. The lowest BCUT2D eigenvalue weighted by molar-refractivity contribution is 1.16. The maximum Gasteiger partial charge on any atom is 0.0693 e. The molecule has 15 heavy (non-hydrogen) atoms. The van der Waals surface area contributed by atoms with Gasteiger partial charge in [0.15, 0.2) is 0 Å². The van der Waals surface area contributed by atoms with E-state index in [1.165, 1.54) is 17.7 Å². The summed E-state index contributed by atoms with van der Waals surface area (Å²) in [6, 6.07) is 10.7. The van der Waals surface area contributed by atoms with Crippen molar-refractivity contribution in [2.45, 2.75) is 26.1 Å². The standard InChI is InChI=1S/C13H20SSi/c1-15(2,3)12-11-14-10-9-13-7-5-4-6-8-13/h4-8,11-12H,9-10H2,1-3H3/b12-11+. The van der Waals surface area contributed by atoms with Crippen molar-refractivity contribution in [1.29, 1.82) is 0 Å². The summed E-state index contributed by atoms with van der Waals surface area (Å²) in [6.07, 6.45) is 1.17. The van der Waals surface area contributed by atoms with Crippen LogP contribution in [0.5, 0.6) is 0 Å².